The van der Waals surface area contributed by atoms with Crippen molar-refractivity contribution in [3.63, 3.8) is 0 Å². The number of aromatic nitrogens is 2. The van der Waals surface area contributed by atoms with Gasteiger partial charge >= 0.3 is 0 Å². The second kappa shape index (κ2) is 6.14. The van der Waals surface area contributed by atoms with Crippen LogP contribution in [0.25, 0.3) is 0 Å². The van der Waals surface area contributed by atoms with Crippen LogP contribution in [0.3, 0.4) is 0 Å². The zero-order valence-electron chi connectivity index (χ0n) is 11.4. The highest BCUT2D eigenvalue weighted by Crippen LogP contribution is 2.27. The van der Waals surface area contributed by atoms with Crippen LogP contribution in [0.5, 0.6) is 0 Å². The molecule has 0 atom stereocenters. The quantitative estimate of drug-likeness (QED) is 0.829. The summed E-state index contributed by atoms with van der Waals surface area (Å²) >= 11 is 0. The third-order valence-electron chi connectivity index (χ3n) is 3.59. The number of aliphatic hydroxyl groups excluding tert-OH is 1. The number of nitrogens with zero attached hydrogens (tertiary/aromatic N) is 3. The van der Waals surface area contributed by atoms with Gasteiger partial charge in [-0.2, -0.15) is 0 Å². The van der Waals surface area contributed by atoms with Gasteiger partial charge in [-0.3, -0.25) is 0 Å². The maximum absolute atomic E-state index is 9.22. The molecule has 1 aromatic heterocycles. The Bertz CT molecular complexity index is 393. The number of aliphatic hydroxyl groups is 1. The lowest BCUT2D eigenvalue weighted by Gasteiger charge is -2.29. The first kappa shape index (κ1) is 13.3. The Morgan fingerprint density at radius 3 is 2.72 bits per heavy atom. The van der Waals surface area contributed by atoms with Crippen LogP contribution in [-0.2, 0) is 12.8 Å². The topological polar surface area (TPSA) is 49.2 Å². The highest BCUT2D eigenvalue weighted by atomic mass is 16.3. The third kappa shape index (κ3) is 2.80. The molecule has 2 rings (SSSR count). The van der Waals surface area contributed by atoms with E-state index < -0.39 is 0 Å². The number of fused-ring (bicyclic) bond motifs is 1. The van der Waals surface area contributed by atoms with E-state index in [1.54, 1.807) is 6.33 Å². The average molecular weight is 249 g/mol. The van der Waals surface area contributed by atoms with Gasteiger partial charge in [0.2, 0.25) is 0 Å². The highest BCUT2D eigenvalue weighted by molar-refractivity contribution is 5.49. The normalized spacial score (nSPS) is 15.3. The summed E-state index contributed by atoms with van der Waals surface area (Å²) in [6, 6.07) is 0.347. The molecule has 0 aliphatic heterocycles. The first-order valence-corrected chi connectivity index (χ1v) is 6.94. The van der Waals surface area contributed by atoms with Crippen LogP contribution in [-0.4, -0.2) is 34.3 Å². The van der Waals surface area contributed by atoms with E-state index in [0.717, 1.165) is 18.7 Å². The van der Waals surface area contributed by atoms with E-state index in [1.807, 2.05) is 0 Å². The summed E-state index contributed by atoms with van der Waals surface area (Å²) in [6.07, 6.45) is 7.53. The molecule has 0 spiro atoms. The standard InChI is InChI=1S/C14H23N3O/c1-11(2)17(8-9-18)14-12-6-4-3-5-7-13(12)15-10-16-14/h10-11,18H,3-9H2,1-2H3. The summed E-state index contributed by atoms with van der Waals surface area (Å²) in [7, 11) is 0. The summed E-state index contributed by atoms with van der Waals surface area (Å²) in [6.45, 7) is 5.08. The van der Waals surface area contributed by atoms with E-state index in [4.69, 9.17) is 0 Å². The maximum Gasteiger partial charge on any atom is 0.135 e. The van der Waals surface area contributed by atoms with Gasteiger partial charge in [0.05, 0.1) is 6.61 Å². The Morgan fingerprint density at radius 2 is 2.00 bits per heavy atom. The van der Waals surface area contributed by atoms with Crippen molar-refractivity contribution in [1.29, 1.82) is 0 Å². The fraction of sp³-hybridized carbons (Fsp3) is 0.714. The monoisotopic (exact) mass is 249 g/mol. The minimum Gasteiger partial charge on any atom is -0.395 e. The van der Waals surface area contributed by atoms with Crippen LogP contribution in [0.15, 0.2) is 6.33 Å². The summed E-state index contributed by atoms with van der Waals surface area (Å²) in [5.74, 6) is 1.03. The predicted molar refractivity (Wildman–Crippen MR) is 72.9 cm³/mol. The molecule has 1 heterocycles. The molecule has 0 radical (unpaired) electrons. The van der Waals surface area contributed by atoms with Crippen LogP contribution >= 0.6 is 0 Å². The van der Waals surface area contributed by atoms with Crippen molar-refractivity contribution in [3.05, 3.63) is 17.6 Å². The molecule has 0 aromatic carbocycles. The zero-order chi connectivity index (χ0) is 13.0. The summed E-state index contributed by atoms with van der Waals surface area (Å²) in [5, 5.41) is 9.22. The number of hydrogen-bond acceptors (Lipinski definition) is 4. The van der Waals surface area contributed by atoms with E-state index in [0.29, 0.717) is 12.6 Å². The minimum absolute atomic E-state index is 0.164. The van der Waals surface area contributed by atoms with Crippen LogP contribution in [0.2, 0.25) is 0 Å². The number of rotatable bonds is 4. The smallest absolute Gasteiger partial charge is 0.135 e. The van der Waals surface area contributed by atoms with Crippen molar-refractivity contribution in [1.82, 2.24) is 9.97 Å². The van der Waals surface area contributed by atoms with Gasteiger partial charge in [0, 0.05) is 23.8 Å². The Hall–Kier alpha value is -1.16. The first-order valence-electron chi connectivity index (χ1n) is 6.94. The van der Waals surface area contributed by atoms with Crippen molar-refractivity contribution in [2.75, 3.05) is 18.1 Å². The molecule has 0 fully saturated rings. The Balaban J connectivity index is 2.36. The van der Waals surface area contributed by atoms with Crippen molar-refractivity contribution < 1.29 is 5.11 Å². The first-order chi connectivity index (χ1) is 8.74. The average Bonchev–Trinajstić information content (AvgIpc) is 2.60. The molecule has 0 amide bonds. The molecule has 4 heteroatoms. The van der Waals surface area contributed by atoms with E-state index in [-0.39, 0.29) is 6.61 Å². The van der Waals surface area contributed by atoms with Gasteiger partial charge in [0.25, 0.3) is 0 Å². The van der Waals surface area contributed by atoms with Gasteiger partial charge in [-0.05, 0) is 39.5 Å². The van der Waals surface area contributed by atoms with Gasteiger partial charge in [-0.15, -0.1) is 0 Å². The van der Waals surface area contributed by atoms with E-state index in [1.165, 1.54) is 30.5 Å². The molecule has 1 aliphatic carbocycles. The maximum atomic E-state index is 9.22. The van der Waals surface area contributed by atoms with Gasteiger partial charge in [-0.25, -0.2) is 9.97 Å². The molecule has 4 nitrogen and oxygen atoms in total. The van der Waals surface area contributed by atoms with Gasteiger partial charge in [-0.1, -0.05) is 6.42 Å². The zero-order valence-corrected chi connectivity index (χ0v) is 11.4. The molecule has 1 aliphatic rings. The molecular weight excluding hydrogens is 226 g/mol. The van der Waals surface area contributed by atoms with Crippen molar-refractivity contribution in [2.24, 2.45) is 0 Å². The predicted octanol–water partition coefficient (Wildman–Crippen LogP) is 1.95. The van der Waals surface area contributed by atoms with Crippen molar-refractivity contribution >= 4 is 5.82 Å². The van der Waals surface area contributed by atoms with Gasteiger partial charge in [0.1, 0.15) is 12.1 Å². The lowest BCUT2D eigenvalue weighted by molar-refractivity contribution is 0.298. The lowest BCUT2D eigenvalue weighted by Crippen LogP contribution is -2.35. The molecule has 100 valence electrons. The summed E-state index contributed by atoms with van der Waals surface area (Å²) < 4.78 is 0. The molecule has 0 bridgehead atoms. The molecule has 1 aromatic rings. The summed E-state index contributed by atoms with van der Waals surface area (Å²) in [5.41, 5.74) is 2.51. The van der Waals surface area contributed by atoms with E-state index >= 15 is 0 Å². The lowest BCUT2D eigenvalue weighted by atomic mass is 10.1. The summed E-state index contributed by atoms with van der Waals surface area (Å²) in [4.78, 5) is 11.1. The van der Waals surface area contributed by atoms with E-state index in [9.17, 15) is 5.11 Å². The number of anilines is 1. The van der Waals surface area contributed by atoms with Crippen LogP contribution < -0.4 is 4.90 Å². The fourth-order valence-corrected chi connectivity index (χ4v) is 2.64. The van der Waals surface area contributed by atoms with Crippen LogP contribution in [0.4, 0.5) is 5.82 Å². The second-order valence-electron chi connectivity index (χ2n) is 5.19. The number of hydrogen-bond donors (Lipinski definition) is 1. The molecule has 18 heavy (non-hydrogen) atoms. The Labute approximate surface area is 109 Å². The Morgan fingerprint density at radius 1 is 1.22 bits per heavy atom. The SMILES string of the molecule is CC(C)N(CCO)c1ncnc2c1CCCCC2. The molecule has 0 saturated heterocycles. The second-order valence-corrected chi connectivity index (χ2v) is 5.19. The van der Waals surface area contributed by atoms with Crippen molar-refractivity contribution in [2.45, 2.75) is 52.0 Å². The highest BCUT2D eigenvalue weighted by Gasteiger charge is 2.20. The third-order valence-corrected chi connectivity index (χ3v) is 3.59. The van der Waals surface area contributed by atoms with Gasteiger partial charge < -0.3 is 10.0 Å². The fourth-order valence-electron chi connectivity index (χ4n) is 2.64. The molecule has 0 saturated carbocycles. The van der Waals surface area contributed by atoms with Gasteiger partial charge in [0.15, 0.2) is 0 Å². The molecule has 0 unspecified atom stereocenters. The minimum atomic E-state index is 0.164. The van der Waals surface area contributed by atoms with Crippen LogP contribution in [0.1, 0.15) is 44.4 Å². The largest absolute Gasteiger partial charge is 0.395 e. The Kier molecular flexibility index (Phi) is 4.53. The molecule has 1 N–H and O–H groups in total. The molecular formula is C14H23N3O. The number of aryl methyl sites for hydroxylation is 1. The van der Waals surface area contributed by atoms with Crippen LogP contribution in [0, 0.1) is 0 Å². The van der Waals surface area contributed by atoms with Crippen molar-refractivity contribution in [3.8, 4) is 0 Å². The van der Waals surface area contributed by atoms with E-state index in [2.05, 4.69) is 28.7 Å².